The fraction of sp³-hybridized carbons (Fsp3) is 0.0455. The van der Waals surface area contributed by atoms with Gasteiger partial charge in [0.25, 0.3) is 0 Å². The molecule has 0 saturated heterocycles. The molecule has 5 heteroatoms. The van der Waals surface area contributed by atoms with Gasteiger partial charge in [0.2, 0.25) is 0 Å². The molecule has 134 valence electrons. The number of carbonyl (C=O) groups excluding carboxylic acids is 1. The maximum absolute atomic E-state index is 12.3. The SMILES string of the molecule is C=C(Cl)COc1ccc(C(=O)C=Cc2cnc(-c3ccccc3)nc2)cc1. The molecule has 3 rings (SSSR count). The zero-order valence-corrected chi connectivity index (χ0v) is 15.3. The molecule has 4 nitrogen and oxygen atoms in total. The highest BCUT2D eigenvalue weighted by molar-refractivity contribution is 6.29. The van der Waals surface area contributed by atoms with E-state index in [4.69, 9.17) is 16.3 Å². The van der Waals surface area contributed by atoms with E-state index in [9.17, 15) is 4.79 Å². The molecule has 0 radical (unpaired) electrons. The molecule has 0 amide bonds. The van der Waals surface area contributed by atoms with Crippen LogP contribution in [0.25, 0.3) is 17.5 Å². The van der Waals surface area contributed by atoms with Gasteiger partial charge in [-0.2, -0.15) is 0 Å². The molecule has 0 N–H and O–H groups in total. The van der Waals surface area contributed by atoms with E-state index < -0.39 is 0 Å². The van der Waals surface area contributed by atoms with Gasteiger partial charge in [-0.25, -0.2) is 9.97 Å². The number of halogens is 1. The van der Waals surface area contributed by atoms with Crippen molar-refractivity contribution in [1.82, 2.24) is 9.97 Å². The van der Waals surface area contributed by atoms with Gasteiger partial charge in [0.05, 0.1) is 0 Å². The van der Waals surface area contributed by atoms with Crippen LogP contribution in [0.5, 0.6) is 5.75 Å². The van der Waals surface area contributed by atoms with Gasteiger partial charge in [0.1, 0.15) is 12.4 Å². The van der Waals surface area contributed by atoms with Gasteiger partial charge in [-0.15, -0.1) is 0 Å². The molecule has 0 saturated carbocycles. The summed E-state index contributed by atoms with van der Waals surface area (Å²) in [6.45, 7) is 3.79. The largest absolute Gasteiger partial charge is 0.488 e. The molecule has 1 heterocycles. The predicted molar refractivity (Wildman–Crippen MR) is 108 cm³/mol. The second-order valence-corrected chi connectivity index (χ2v) is 6.27. The third-order valence-corrected chi connectivity index (χ3v) is 3.77. The number of rotatable bonds is 7. The first-order valence-corrected chi connectivity index (χ1v) is 8.65. The average Bonchev–Trinajstić information content (AvgIpc) is 2.72. The fourth-order valence-electron chi connectivity index (χ4n) is 2.31. The van der Waals surface area contributed by atoms with E-state index in [1.54, 1.807) is 42.7 Å². The molecular weight excluding hydrogens is 360 g/mol. The molecule has 0 bridgehead atoms. The summed E-state index contributed by atoms with van der Waals surface area (Å²) in [5.74, 6) is 1.16. The Bertz CT molecular complexity index is 950. The van der Waals surface area contributed by atoms with Gasteiger partial charge in [0.15, 0.2) is 11.6 Å². The van der Waals surface area contributed by atoms with Gasteiger partial charge in [-0.3, -0.25) is 4.79 Å². The molecule has 3 aromatic rings. The lowest BCUT2D eigenvalue weighted by Crippen LogP contribution is -1.98. The summed E-state index contributed by atoms with van der Waals surface area (Å²) in [4.78, 5) is 21.0. The number of carbonyl (C=O) groups is 1. The molecule has 0 fully saturated rings. The third-order valence-electron chi connectivity index (χ3n) is 3.67. The number of aromatic nitrogens is 2. The van der Waals surface area contributed by atoms with Gasteiger partial charge >= 0.3 is 0 Å². The number of hydrogen-bond acceptors (Lipinski definition) is 4. The molecule has 0 aliphatic rings. The number of benzene rings is 2. The Balaban J connectivity index is 1.63. The van der Waals surface area contributed by atoms with Crippen molar-refractivity contribution in [1.29, 1.82) is 0 Å². The lowest BCUT2D eigenvalue weighted by Gasteiger charge is -2.05. The summed E-state index contributed by atoms with van der Waals surface area (Å²) < 4.78 is 5.40. The molecule has 0 aliphatic carbocycles. The quantitative estimate of drug-likeness (QED) is 0.421. The first kappa shape index (κ1) is 18.5. The minimum absolute atomic E-state index is 0.115. The Labute approximate surface area is 162 Å². The fourth-order valence-corrected chi connectivity index (χ4v) is 2.36. The second kappa shape index (κ2) is 8.92. The van der Waals surface area contributed by atoms with E-state index in [2.05, 4.69) is 16.5 Å². The lowest BCUT2D eigenvalue weighted by atomic mass is 10.1. The van der Waals surface area contributed by atoms with Crippen molar-refractivity contribution in [3.05, 3.63) is 95.8 Å². The van der Waals surface area contributed by atoms with Crippen molar-refractivity contribution in [2.24, 2.45) is 0 Å². The van der Waals surface area contributed by atoms with E-state index in [1.165, 1.54) is 6.08 Å². The molecule has 0 atom stereocenters. The monoisotopic (exact) mass is 376 g/mol. The number of nitrogens with zero attached hydrogens (tertiary/aromatic N) is 2. The van der Waals surface area contributed by atoms with Gasteiger partial charge in [0, 0.05) is 34.1 Å². The van der Waals surface area contributed by atoms with E-state index in [0.717, 1.165) is 11.1 Å². The molecule has 0 spiro atoms. The molecule has 0 aliphatic heterocycles. The van der Waals surface area contributed by atoms with Crippen molar-refractivity contribution in [2.75, 3.05) is 6.61 Å². The summed E-state index contributed by atoms with van der Waals surface area (Å²) in [6.07, 6.45) is 6.57. The van der Waals surface area contributed by atoms with Crippen LogP contribution in [0.4, 0.5) is 0 Å². The van der Waals surface area contributed by atoms with Crippen molar-refractivity contribution in [3.8, 4) is 17.1 Å². The lowest BCUT2D eigenvalue weighted by molar-refractivity contribution is 0.104. The zero-order valence-electron chi connectivity index (χ0n) is 14.5. The maximum Gasteiger partial charge on any atom is 0.185 e. The van der Waals surface area contributed by atoms with E-state index in [0.29, 0.717) is 22.2 Å². The van der Waals surface area contributed by atoms with Crippen molar-refractivity contribution < 1.29 is 9.53 Å². The number of allylic oxidation sites excluding steroid dienone is 1. The molecule has 27 heavy (non-hydrogen) atoms. The molecule has 2 aromatic carbocycles. The molecule has 1 aromatic heterocycles. The Morgan fingerprint density at radius 1 is 1.04 bits per heavy atom. The third kappa shape index (κ3) is 5.36. The normalized spacial score (nSPS) is 10.7. The summed E-state index contributed by atoms with van der Waals surface area (Å²) in [7, 11) is 0. The number of ether oxygens (including phenoxy) is 1. The minimum Gasteiger partial charge on any atom is -0.488 e. The van der Waals surface area contributed by atoms with E-state index in [1.807, 2.05) is 30.3 Å². The first-order chi connectivity index (χ1) is 13.1. The van der Waals surface area contributed by atoms with Crippen molar-refractivity contribution in [3.63, 3.8) is 0 Å². The summed E-state index contributed by atoms with van der Waals surface area (Å²) in [5.41, 5.74) is 2.26. The van der Waals surface area contributed by atoms with Crippen LogP contribution in [0.3, 0.4) is 0 Å². The van der Waals surface area contributed by atoms with Gasteiger partial charge < -0.3 is 4.74 Å². The topological polar surface area (TPSA) is 52.1 Å². The average molecular weight is 377 g/mol. The van der Waals surface area contributed by atoms with Gasteiger partial charge in [-0.1, -0.05) is 48.5 Å². The van der Waals surface area contributed by atoms with Crippen LogP contribution in [-0.2, 0) is 0 Å². The van der Waals surface area contributed by atoms with Crippen LogP contribution in [0.2, 0.25) is 0 Å². The standard InChI is InChI=1S/C22H17ClN2O2/c1-16(23)15-27-20-10-8-18(9-11-20)21(26)12-7-17-13-24-22(25-14-17)19-5-3-2-4-6-19/h2-14H,1,15H2. The second-order valence-electron chi connectivity index (χ2n) is 5.73. The minimum atomic E-state index is -0.115. The van der Waals surface area contributed by atoms with E-state index in [-0.39, 0.29) is 12.4 Å². The Morgan fingerprint density at radius 3 is 2.33 bits per heavy atom. The van der Waals surface area contributed by atoms with Crippen molar-refractivity contribution in [2.45, 2.75) is 0 Å². The highest BCUT2D eigenvalue weighted by Crippen LogP contribution is 2.16. The Hall–Kier alpha value is -3.24. The number of hydrogen-bond donors (Lipinski definition) is 0. The van der Waals surface area contributed by atoms with Gasteiger partial charge in [-0.05, 0) is 36.4 Å². The summed E-state index contributed by atoms with van der Waals surface area (Å²) >= 11 is 5.66. The zero-order chi connectivity index (χ0) is 19.1. The van der Waals surface area contributed by atoms with Crippen molar-refractivity contribution >= 4 is 23.5 Å². The van der Waals surface area contributed by atoms with Crippen LogP contribution in [-0.4, -0.2) is 22.4 Å². The number of ketones is 1. The highest BCUT2D eigenvalue weighted by Gasteiger charge is 2.04. The van der Waals surface area contributed by atoms with Crippen LogP contribution < -0.4 is 4.74 Å². The Kier molecular flexibility index (Phi) is 6.13. The Morgan fingerprint density at radius 2 is 1.70 bits per heavy atom. The van der Waals surface area contributed by atoms with Crippen LogP contribution in [0.1, 0.15) is 15.9 Å². The molecule has 0 unspecified atom stereocenters. The predicted octanol–water partition coefficient (Wildman–Crippen LogP) is 5.17. The smallest absolute Gasteiger partial charge is 0.185 e. The van der Waals surface area contributed by atoms with Crippen LogP contribution in [0.15, 0.2) is 84.7 Å². The van der Waals surface area contributed by atoms with Crippen LogP contribution >= 0.6 is 11.6 Å². The molecular formula is C22H17ClN2O2. The maximum atomic E-state index is 12.3. The first-order valence-electron chi connectivity index (χ1n) is 8.28. The van der Waals surface area contributed by atoms with Crippen LogP contribution in [0, 0.1) is 0 Å². The summed E-state index contributed by atoms with van der Waals surface area (Å²) in [6, 6.07) is 16.6. The summed E-state index contributed by atoms with van der Waals surface area (Å²) in [5, 5.41) is 0.415. The highest BCUT2D eigenvalue weighted by atomic mass is 35.5. The van der Waals surface area contributed by atoms with E-state index >= 15 is 0 Å².